The fraction of sp³-hybridized carbons (Fsp3) is 0.143. The molecule has 2 heterocycles. The number of rotatable bonds is 3. The summed E-state index contributed by atoms with van der Waals surface area (Å²) in [7, 11) is 1.62. The van der Waals surface area contributed by atoms with E-state index in [1.54, 1.807) is 7.11 Å². The fourth-order valence-electron chi connectivity index (χ4n) is 1.88. The molecule has 0 saturated heterocycles. The topological polar surface area (TPSA) is 74.2 Å². The Morgan fingerprint density at radius 2 is 2.10 bits per heavy atom. The summed E-state index contributed by atoms with van der Waals surface area (Å²) in [5, 5.41) is 4.73. The van der Waals surface area contributed by atoms with Gasteiger partial charge in [-0.15, -0.1) is 11.3 Å². The second-order valence-corrected chi connectivity index (χ2v) is 5.44. The molecule has 0 atom stereocenters. The lowest BCUT2D eigenvalue weighted by molar-refractivity contribution is 0.413. The number of ether oxygens (including phenoxy) is 1. The molecule has 3 rings (SSSR count). The van der Waals surface area contributed by atoms with Crippen LogP contribution in [0.3, 0.4) is 0 Å². The minimum absolute atomic E-state index is 0.462. The van der Waals surface area contributed by atoms with Crippen molar-refractivity contribution in [2.45, 2.75) is 6.92 Å². The lowest BCUT2D eigenvalue weighted by atomic mass is 10.1. The number of anilines is 1. The molecule has 1 aromatic carbocycles. The third-order valence-electron chi connectivity index (χ3n) is 2.86. The molecule has 0 aliphatic heterocycles. The van der Waals surface area contributed by atoms with Crippen LogP contribution in [0.2, 0.25) is 0 Å². The van der Waals surface area contributed by atoms with E-state index in [-0.39, 0.29) is 0 Å². The summed E-state index contributed by atoms with van der Waals surface area (Å²) in [6, 6.07) is 9.52. The highest BCUT2D eigenvalue weighted by Gasteiger charge is 2.15. The number of hydrogen-bond acceptors (Lipinski definition) is 6. The fourth-order valence-corrected chi connectivity index (χ4v) is 2.58. The van der Waals surface area contributed by atoms with Gasteiger partial charge in [-0.2, -0.15) is 4.98 Å². The molecule has 0 amide bonds. The quantitative estimate of drug-likeness (QED) is 0.799. The molecule has 6 heteroatoms. The maximum Gasteiger partial charge on any atom is 0.268 e. The first-order valence-electron chi connectivity index (χ1n) is 6.02. The van der Waals surface area contributed by atoms with E-state index in [0.717, 1.165) is 21.8 Å². The van der Waals surface area contributed by atoms with Crippen LogP contribution >= 0.6 is 11.3 Å². The number of nitrogens with zero attached hydrogens (tertiary/aromatic N) is 2. The van der Waals surface area contributed by atoms with Gasteiger partial charge in [0.1, 0.15) is 5.75 Å². The molecule has 2 aromatic heterocycles. The first kappa shape index (κ1) is 12.7. The molecule has 5 nitrogen and oxygen atoms in total. The van der Waals surface area contributed by atoms with Crippen LogP contribution in [0.25, 0.3) is 22.2 Å². The summed E-state index contributed by atoms with van der Waals surface area (Å²) in [5.41, 5.74) is 7.62. The van der Waals surface area contributed by atoms with Crippen molar-refractivity contribution in [2.24, 2.45) is 0 Å². The molecule has 102 valence electrons. The van der Waals surface area contributed by atoms with Crippen molar-refractivity contribution in [3.05, 3.63) is 35.9 Å². The Labute approximate surface area is 120 Å². The van der Waals surface area contributed by atoms with Crippen LogP contribution in [0.5, 0.6) is 5.75 Å². The Morgan fingerprint density at radius 3 is 2.80 bits per heavy atom. The normalized spacial score (nSPS) is 10.7. The summed E-state index contributed by atoms with van der Waals surface area (Å²) < 4.78 is 10.6. The molecule has 0 spiro atoms. The number of aryl methyl sites for hydroxylation is 1. The van der Waals surface area contributed by atoms with E-state index in [1.165, 1.54) is 11.3 Å². The number of aromatic nitrogens is 2. The molecule has 0 unspecified atom stereocenters. The molecular formula is C14H13N3O2S. The summed E-state index contributed by atoms with van der Waals surface area (Å²) in [4.78, 5) is 5.25. The first-order chi connectivity index (χ1) is 9.67. The Kier molecular flexibility index (Phi) is 3.15. The van der Waals surface area contributed by atoms with Gasteiger partial charge in [-0.3, -0.25) is 0 Å². The third-order valence-corrected chi connectivity index (χ3v) is 3.76. The number of methoxy groups -OCH3 is 1. The van der Waals surface area contributed by atoms with Crippen LogP contribution in [-0.2, 0) is 0 Å². The van der Waals surface area contributed by atoms with Crippen molar-refractivity contribution in [3.8, 4) is 27.9 Å². The van der Waals surface area contributed by atoms with Gasteiger partial charge in [0.05, 0.1) is 22.6 Å². The molecule has 20 heavy (non-hydrogen) atoms. The molecule has 3 aromatic rings. The van der Waals surface area contributed by atoms with Crippen LogP contribution in [0, 0.1) is 6.92 Å². The highest BCUT2D eigenvalue weighted by atomic mass is 32.1. The van der Waals surface area contributed by atoms with E-state index in [9.17, 15) is 0 Å². The molecule has 0 fully saturated rings. The molecule has 0 aliphatic carbocycles. The van der Waals surface area contributed by atoms with Crippen molar-refractivity contribution >= 4 is 16.3 Å². The Bertz CT molecular complexity index is 748. The van der Waals surface area contributed by atoms with Gasteiger partial charge in [0.25, 0.3) is 5.89 Å². The van der Waals surface area contributed by atoms with Crippen LogP contribution < -0.4 is 10.5 Å². The minimum atomic E-state index is 0.462. The van der Waals surface area contributed by atoms with Gasteiger partial charge in [0.15, 0.2) is 0 Å². The van der Waals surface area contributed by atoms with Gasteiger partial charge >= 0.3 is 0 Å². The van der Waals surface area contributed by atoms with E-state index in [2.05, 4.69) is 10.1 Å². The highest BCUT2D eigenvalue weighted by Crippen LogP contribution is 2.32. The van der Waals surface area contributed by atoms with Crippen LogP contribution in [0.1, 0.15) is 5.56 Å². The zero-order valence-electron chi connectivity index (χ0n) is 11.1. The average molecular weight is 287 g/mol. The van der Waals surface area contributed by atoms with Crippen molar-refractivity contribution in [3.63, 3.8) is 0 Å². The lowest BCUT2D eigenvalue weighted by Gasteiger charge is -2.05. The van der Waals surface area contributed by atoms with Crippen LogP contribution in [-0.4, -0.2) is 17.3 Å². The van der Waals surface area contributed by atoms with Gasteiger partial charge in [-0.25, -0.2) is 0 Å². The minimum Gasteiger partial charge on any atom is -0.496 e. The SMILES string of the molecule is COc1cc(C)ccc1-c1noc(-c2ccc(N)s2)n1. The predicted molar refractivity (Wildman–Crippen MR) is 78.7 cm³/mol. The zero-order chi connectivity index (χ0) is 14.1. The van der Waals surface area contributed by atoms with E-state index >= 15 is 0 Å². The van der Waals surface area contributed by atoms with Gasteiger partial charge in [0, 0.05) is 0 Å². The van der Waals surface area contributed by atoms with Crippen molar-refractivity contribution in [2.75, 3.05) is 12.8 Å². The summed E-state index contributed by atoms with van der Waals surface area (Å²) in [5.74, 6) is 1.69. The molecule has 2 N–H and O–H groups in total. The number of hydrogen-bond donors (Lipinski definition) is 1. The maximum absolute atomic E-state index is 5.70. The molecule has 0 radical (unpaired) electrons. The number of nitrogens with two attached hydrogens (primary N) is 1. The average Bonchev–Trinajstić information content (AvgIpc) is 3.07. The third kappa shape index (κ3) is 2.25. The smallest absolute Gasteiger partial charge is 0.268 e. The standard InChI is InChI=1S/C14H13N3O2S/c1-8-3-4-9(10(7-8)18-2)13-16-14(19-17-13)11-5-6-12(15)20-11/h3-7H,15H2,1-2H3. The Morgan fingerprint density at radius 1 is 1.25 bits per heavy atom. The second-order valence-electron chi connectivity index (χ2n) is 4.33. The monoisotopic (exact) mass is 287 g/mol. The predicted octanol–water partition coefficient (Wildman–Crippen LogP) is 3.36. The molecular weight excluding hydrogens is 274 g/mol. The summed E-state index contributed by atoms with van der Waals surface area (Å²) in [6.07, 6.45) is 0. The number of nitrogen functional groups attached to an aromatic ring is 1. The first-order valence-corrected chi connectivity index (χ1v) is 6.83. The van der Waals surface area contributed by atoms with E-state index in [4.69, 9.17) is 15.0 Å². The van der Waals surface area contributed by atoms with Crippen molar-refractivity contribution in [1.82, 2.24) is 10.1 Å². The van der Waals surface area contributed by atoms with E-state index in [1.807, 2.05) is 37.3 Å². The van der Waals surface area contributed by atoms with Crippen LogP contribution in [0.4, 0.5) is 5.00 Å². The molecule has 0 saturated carbocycles. The number of benzene rings is 1. The lowest BCUT2D eigenvalue weighted by Crippen LogP contribution is -1.90. The van der Waals surface area contributed by atoms with E-state index in [0.29, 0.717) is 16.7 Å². The largest absolute Gasteiger partial charge is 0.496 e. The molecule has 0 aliphatic rings. The van der Waals surface area contributed by atoms with Gasteiger partial charge in [0.2, 0.25) is 5.82 Å². The Hall–Kier alpha value is -2.34. The van der Waals surface area contributed by atoms with Gasteiger partial charge < -0.3 is 15.0 Å². The molecule has 0 bridgehead atoms. The Balaban J connectivity index is 2.02. The van der Waals surface area contributed by atoms with E-state index < -0.39 is 0 Å². The highest BCUT2D eigenvalue weighted by molar-refractivity contribution is 7.19. The van der Waals surface area contributed by atoms with Gasteiger partial charge in [-0.05, 0) is 36.8 Å². The van der Waals surface area contributed by atoms with Crippen molar-refractivity contribution in [1.29, 1.82) is 0 Å². The van der Waals surface area contributed by atoms with Gasteiger partial charge in [-0.1, -0.05) is 11.2 Å². The second kappa shape index (κ2) is 4.97. The van der Waals surface area contributed by atoms with Crippen LogP contribution in [0.15, 0.2) is 34.9 Å². The zero-order valence-corrected chi connectivity index (χ0v) is 11.9. The number of thiophene rings is 1. The maximum atomic E-state index is 5.70. The van der Waals surface area contributed by atoms with Crippen molar-refractivity contribution < 1.29 is 9.26 Å². The summed E-state index contributed by atoms with van der Waals surface area (Å²) >= 11 is 1.41. The summed E-state index contributed by atoms with van der Waals surface area (Å²) in [6.45, 7) is 2.00.